The zero-order valence-corrected chi connectivity index (χ0v) is 18.4. The number of amides is 2. The molecule has 0 unspecified atom stereocenters. The Hall–Kier alpha value is -2.27. The summed E-state index contributed by atoms with van der Waals surface area (Å²) in [5.41, 5.74) is -0.341. The number of rotatable bonds is 7. The van der Waals surface area contributed by atoms with Crippen LogP contribution in [0.5, 0.6) is 0 Å². The number of thiazole rings is 1. The van der Waals surface area contributed by atoms with E-state index in [1.165, 1.54) is 6.20 Å². The fraction of sp³-hybridized carbons (Fsp3) is 0.450. The number of halogens is 3. The number of aliphatic carboxylic acids is 1. The highest BCUT2D eigenvalue weighted by atomic mass is 32.2. The summed E-state index contributed by atoms with van der Waals surface area (Å²) >= 11 is 2.13. The second-order valence-electron chi connectivity index (χ2n) is 7.53. The minimum atomic E-state index is -1.63. The SMILES string of the molecule is CC1CCC(CN(C(=O)Nc2ncc(SCC(=O)O)s2)c2ccc(F)c(F)c2F)CC1. The van der Waals surface area contributed by atoms with Crippen LogP contribution in [0.1, 0.15) is 32.6 Å². The summed E-state index contributed by atoms with van der Waals surface area (Å²) in [4.78, 5) is 28.8. The lowest BCUT2D eigenvalue weighted by atomic mass is 9.83. The zero-order chi connectivity index (χ0) is 22.5. The van der Waals surface area contributed by atoms with E-state index in [2.05, 4.69) is 17.2 Å². The van der Waals surface area contributed by atoms with E-state index in [0.717, 1.165) is 65.8 Å². The first kappa shape index (κ1) is 23.4. The number of anilines is 2. The van der Waals surface area contributed by atoms with Crippen LogP contribution in [-0.2, 0) is 4.79 Å². The molecule has 168 valence electrons. The van der Waals surface area contributed by atoms with Gasteiger partial charge in [0, 0.05) is 6.54 Å². The van der Waals surface area contributed by atoms with Crippen molar-refractivity contribution >= 4 is 45.9 Å². The number of thioether (sulfide) groups is 1. The van der Waals surface area contributed by atoms with E-state index >= 15 is 0 Å². The molecular formula is C20H22F3N3O3S2. The van der Waals surface area contributed by atoms with Crippen LogP contribution < -0.4 is 10.2 Å². The van der Waals surface area contributed by atoms with E-state index in [4.69, 9.17) is 5.11 Å². The van der Waals surface area contributed by atoms with Gasteiger partial charge in [0.25, 0.3) is 0 Å². The molecule has 0 bridgehead atoms. The van der Waals surface area contributed by atoms with E-state index in [0.29, 0.717) is 10.1 Å². The molecule has 1 fully saturated rings. The van der Waals surface area contributed by atoms with Crippen molar-refractivity contribution in [1.29, 1.82) is 0 Å². The van der Waals surface area contributed by atoms with Gasteiger partial charge >= 0.3 is 12.0 Å². The summed E-state index contributed by atoms with van der Waals surface area (Å²) in [6.45, 7) is 2.31. The van der Waals surface area contributed by atoms with Crippen molar-refractivity contribution in [2.24, 2.45) is 11.8 Å². The third-order valence-electron chi connectivity index (χ3n) is 5.16. The molecule has 0 saturated heterocycles. The number of nitrogens with zero attached hydrogens (tertiary/aromatic N) is 2. The fourth-order valence-electron chi connectivity index (χ4n) is 3.46. The number of carbonyl (C=O) groups is 2. The molecule has 2 amide bonds. The Balaban J connectivity index is 1.79. The highest BCUT2D eigenvalue weighted by molar-refractivity contribution is 8.01. The normalized spacial score (nSPS) is 18.6. The van der Waals surface area contributed by atoms with E-state index in [1.54, 1.807) is 0 Å². The maximum Gasteiger partial charge on any atom is 0.328 e. The highest BCUT2D eigenvalue weighted by Crippen LogP contribution is 2.33. The van der Waals surface area contributed by atoms with Crippen molar-refractivity contribution in [2.75, 3.05) is 22.5 Å². The fourth-order valence-corrected chi connectivity index (χ4v) is 5.04. The standard InChI is InChI=1S/C20H22F3N3O3S2/c1-11-2-4-12(5-3-11)9-26(14-7-6-13(21)17(22)18(14)23)20(29)25-19-24-8-16(31-19)30-10-15(27)28/h6-8,11-12H,2-5,9-10H2,1H3,(H,27,28)(H,24,25,29). The lowest BCUT2D eigenvalue weighted by molar-refractivity contribution is -0.133. The lowest BCUT2D eigenvalue weighted by Crippen LogP contribution is -2.40. The monoisotopic (exact) mass is 473 g/mol. The number of carboxylic acid groups (broad SMARTS) is 1. The van der Waals surface area contributed by atoms with Gasteiger partial charge in [0.2, 0.25) is 0 Å². The first-order chi connectivity index (χ1) is 14.7. The van der Waals surface area contributed by atoms with Gasteiger partial charge in [0.05, 0.1) is 21.8 Å². The van der Waals surface area contributed by atoms with Gasteiger partial charge in [-0.05, 0) is 36.8 Å². The number of nitrogens with one attached hydrogen (secondary N) is 1. The van der Waals surface area contributed by atoms with Crippen LogP contribution in [0, 0.1) is 29.3 Å². The number of hydrogen-bond donors (Lipinski definition) is 2. The summed E-state index contributed by atoms with van der Waals surface area (Å²) in [7, 11) is 0. The maximum atomic E-state index is 14.5. The molecule has 0 atom stereocenters. The average Bonchev–Trinajstić information content (AvgIpc) is 3.18. The molecule has 1 aromatic heterocycles. The quantitative estimate of drug-likeness (QED) is 0.404. The molecule has 1 aliphatic carbocycles. The Morgan fingerprint density at radius 2 is 1.94 bits per heavy atom. The van der Waals surface area contributed by atoms with Crippen LogP contribution in [0.25, 0.3) is 0 Å². The third-order valence-corrected chi connectivity index (χ3v) is 7.26. The van der Waals surface area contributed by atoms with Crippen LogP contribution in [0.2, 0.25) is 0 Å². The molecule has 1 heterocycles. The Morgan fingerprint density at radius 1 is 1.23 bits per heavy atom. The molecule has 0 spiro atoms. The molecule has 3 rings (SSSR count). The Bertz CT molecular complexity index is 949. The summed E-state index contributed by atoms with van der Waals surface area (Å²) in [5, 5.41) is 11.5. The number of aromatic nitrogens is 1. The summed E-state index contributed by atoms with van der Waals surface area (Å²) in [6, 6.07) is 1.13. The van der Waals surface area contributed by atoms with Gasteiger partial charge in [-0.1, -0.05) is 31.1 Å². The van der Waals surface area contributed by atoms with E-state index in [1.807, 2.05) is 0 Å². The summed E-state index contributed by atoms with van der Waals surface area (Å²) in [5.74, 6) is -4.82. The Labute approximate surface area is 185 Å². The van der Waals surface area contributed by atoms with Crippen LogP contribution in [0.15, 0.2) is 22.5 Å². The van der Waals surface area contributed by atoms with Crippen LogP contribution in [-0.4, -0.2) is 34.4 Å². The van der Waals surface area contributed by atoms with Gasteiger partial charge in [-0.2, -0.15) is 0 Å². The first-order valence-electron chi connectivity index (χ1n) is 9.77. The number of urea groups is 1. The van der Waals surface area contributed by atoms with E-state index in [9.17, 15) is 22.8 Å². The summed E-state index contributed by atoms with van der Waals surface area (Å²) < 4.78 is 42.4. The van der Waals surface area contributed by atoms with Gasteiger partial charge in [-0.25, -0.2) is 22.9 Å². The minimum absolute atomic E-state index is 0.104. The third kappa shape index (κ3) is 6.13. The molecule has 11 heteroatoms. The van der Waals surface area contributed by atoms with Crippen LogP contribution in [0.3, 0.4) is 0 Å². The van der Waals surface area contributed by atoms with Crippen molar-refractivity contribution in [3.05, 3.63) is 35.8 Å². The molecule has 1 saturated carbocycles. The van der Waals surface area contributed by atoms with E-state index < -0.39 is 29.5 Å². The van der Waals surface area contributed by atoms with Crippen molar-refractivity contribution in [3.8, 4) is 0 Å². The average molecular weight is 474 g/mol. The number of benzene rings is 1. The van der Waals surface area contributed by atoms with Gasteiger partial charge < -0.3 is 5.11 Å². The van der Waals surface area contributed by atoms with Gasteiger partial charge in [0.1, 0.15) is 0 Å². The number of carbonyl (C=O) groups excluding carboxylic acids is 1. The molecular weight excluding hydrogens is 451 g/mol. The molecule has 0 radical (unpaired) electrons. The molecule has 0 aliphatic heterocycles. The molecule has 1 aliphatic rings. The number of carboxylic acids is 1. The first-order valence-corrected chi connectivity index (χ1v) is 11.6. The van der Waals surface area contributed by atoms with Crippen molar-refractivity contribution in [2.45, 2.75) is 36.8 Å². The summed E-state index contributed by atoms with van der Waals surface area (Å²) in [6.07, 6.45) is 5.10. The van der Waals surface area contributed by atoms with E-state index in [-0.39, 0.29) is 29.0 Å². The van der Waals surface area contributed by atoms with Crippen molar-refractivity contribution in [3.63, 3.8) is 0 Å². The van der Waals surface area contributed by atoms with Gasteiger partial charge in [-0.15, -0.1) is 11.8 Å². The Morgan fingerprint density at radius 3 is 2.61 bits per heavy atom. The maximum absolute atomic E-state index is 14.5. The molecule has 2 aromatic rings. The lowest BCUT2D eigenvalue weighted by Gasteiger charge is -2.31. The second kappa shape index (κ2) is 10.4. The molecule has 1 aromatic carbocycles. The molecule has 6 nitrogen and oxygen atoms in total. The van der Waals surface area contributed by atoms with Gasteiger partial charge in [-0.3, -0.25) is 15.0 Å². The van der Waals surface area contributed by atoms with Crippen LogP contribution >= 0.6 is 23.1 Å². The highest BCUT2D eigenvalue weighted by Gasteiger charge is 2.28. The molecule has 2 N–H and O–H groups in total. The smallest absolute Gasteiger partial charge is 0.328 e. The zero-order valence-electron chi connectivity index (χ0n) is 16.7. The predicted octanol–water partition coefficient (Wildman–Crippen LogP) is 5.60. The van der Waals surface area contributed by atoms with Gasteiger partial charge in [0.15, 0.2) is 22.6 Å². The number of hydrogen-bond acceptors (Lipinski definition) is 5. The van der Waals surface area contributed by atoms with Crippen molar-refractivity contribution < 1.29 is 27.9 Å². The van der Waals surface area contributed by atoms with Crippen LogP contribution in [0.4, 0.5) is 28.8 Å². The van der Waals surface area contributed by atoms with Crippen molar-refractivity contribution in [1.82, 2.24) is 4.98 Å². The minimum Gasteiger partial charge on any atom is -0.481 e. The predicted molar refractivity (Wildman–Crippen MR) is 114 cm³/mol. The second-order valence-corrected chi connectivity index (χ2v) is 9.83. The Kier molecular flexibility index (Phi) is 7.82. The largest absolute Gasteiger partial charge is 0.481 e. The topological polar surface area (TPSA) is 82.5 Å². The molecule has 31 heavy (non-hydrogen) atoms.